The molecule has 1 amide bonds. The fourth-order valence-electron chi connectivity index (χ4n) is 1.77. The van der Waals surface area contributed by atoms with Crippen LogP contribution in [0.4, 0.5) is 4.39 Å². The minimum Gasteiger partial charge on any atom is -0.490 e. The lowest BCUT2D eigenvalue weighted by Crippen LogP contribution is -2.22. The summed E-state index contributed by atoms with van der Waals surface area (Å²) in [6.07, 6.45) is 1.64. The van der Waals surface area contributed by atoms with Crippen LogP contribution in [-0.2, 0) is 6.54 Å². The predicted molar refractivity (Wildman–Crippen MR) is 79.7 cm³/mol. The van der Waals surface area contributed by atoms with Crippen LogP contribution in [0.25, 0.3) is 0 Å². The third kappa shape index (κ3) is 4.45. The van der Waals surface area contributed by atoms with Crippen LogP contribution < -0.4 is 10.1 Å². The lowest BCUT2D eigenvalue weighted by Gasteiger charge is -2.08. The third-order valence-electron chi connectivity index (χ3n) is 2.83. The molecule has 0 bridgehead atoms. The van der Waals surface area contributed by atoms with Crippen molar-refractivity contribution in [2.24, 2.45) is 0 Å². The highest BCUT2D eigenvalue weighted by Crippen LogP contribution is 2.13. The number of rotatable bonds is 6. The van der Waals surface area contributed by atoms with Gasteiger partial charge in [-0.3, -0.25) is 4.79 Å². The minimum absolute atomic E-state index is 0.205. The SMILES string of the molecule is C=CCOc1cccc(C(=O)NCc2ccc(F)cc2)c1. The Morgan fingerprint density at radius 1 is 1.24 bits per heavy atom. The van der Waals surface area contributed by atoms with Gasteiger partial charge in [0, 0.05) is 12.1 Å². The number of halogens is 1. The number of hydrogen-bond donors (Lipinski definition) is 1. The fraction of sp³-hybridized carbons (Fsp3) is 0.118. The van der Waals surface area contributed by atoms with Gasteiger partial charge in [-0.05, 0) is 35.9 Å². The Bertz CT molecular complexity index is 623. The molecule has 0 saturated heterocycles. The molecule has 0 spiro atoms. The molecule has 0 saturated carbocycles. The van der Waals surface area contributed by atoms with Gasteiger partial charge >= 0.3 is 0 Å². The Balaban J connectivity index is 1.96. The van der Waals surface area contributed by atoms with E-state index in [9.17, 15) is 9.18 Å². The van der Waals surface area contributed by atoms with Crippen molar-refractivity contribution in [3.05, 3.63) is 78.1 Å². The predicted octanol–water partition coefficient (Wildman–Crippen LogP) is 3.32. The first-order chi connectivity index (χ1) is 10.2. The third-order valence-corrected chi connectivity index (χ3v) is 2.83. The molecule has 1 N–H and O–H groups in total. The highest BCUT2D eigenvalue weighted by molar-refractivity contribution is 5.94. The molecule has 0 aliphatic heterocycles. The van der Waals surface area contributed by atoms with Crippen LogP contribution in [0.2, 0.25) is 0 Å². The monoisotopic (exact) mass is 285 g/mol. The average Bonchev–Trinajstić information content (AvgIpc) is 2.52. The summed E-state index contributed by atoms with van der Waals surface area (Å²) in [4.78, 5) is 12.1. The van der Waals surface area contributed by atoms with Gasteiger partial charge in [0.15, 0.2) is 0 Å². The van der Waals surface area contributed by atoms with Crippen molar-refractivity contribution in [3.63, 3.8) is 0 Å². The zero-order valence-corrected chi connectivity index (χ0v) is 11.5. The van der Waals surface area contributed by atoms with Crippen LogP contribution in [-0.4, -0.2) is 12.5 Å². The topological polar surface area (TPSA) is 38.3 Å². The molecule has 0 radical (unpaired) electrons. The van der Waals surface area contributed by atoms with E-state index in [1.165, 1.54) is 12.1 Å². The molecule has 4 heteroatoms. The van der Waals surface area contributed by atoms with Gasteiger partial charge in [0.05, 0.1) is 0 Å². The first-order valence-corrected chi connectivity index (χ1v) is 6.55. The van der Waals surface area contributed by atoms with Crippen LogP contribution in [0.1, 0.15) is 15.9 Å². The maximum Gasteiger partial charge on any atom is 0.251 e. The molecular weight excluding hydrogens is 269 g/mol. The number of hydrogen-bond acceptors (Lipinski definition) is 2. The number of carbonyl (C=O) groups excluding carboxylic acids is 1. The fourth-order valence-corrected chi connectivity index (χ4v) is 1.77. The molecule has 0 atom stereocenters. The Kier molecular flexibility index (Phi) is 5.10. The molecule has 2 aromatic rings. The summed E-state index contributed by atoms with van der Waals surface area (Å²) in [6.45, 7) is 4.31. The summed E-state index contributed by atoms with van der Waals surface area (Å²) in [5.41, 5.74) is 1.35. The van der Waals surface area contributed by atoms with Crippen LogP contribution >= 0.6 is 0 Å². The van der Waals surface area contributed by atoms with E-state index < -0.39 is 0 Å². The van der Waals surface area contributed by atoms with E-state index in [1.54, 1.807) is 42.5 Å². The second-order valence-corrected chi connectivity index (χ2v) is 4.44. The van der Waals surface area contributed by atoms with Crippen molar-refractivity contribution in [2.75, 3.05) is 6.61 Å². The van der Waals surface area contributed by atoms with E-state index in [0.29, 0.717) is 24.5 Å². The van der Waals surface area contributed by atoms with E-state index in [-0.39, 0.29) is 11.7 Å². The highest BCUT2D eigenvalue weighted by atomic mass is 19.1. The van der Waals surface area contributed by atoms with Gasteiger partial charge in [0.2, 0.25) is 0 Å². The minimum atomic E-state index is -0.294. The lowest BCUT2D eigenvalue weighted by atomic mass is 10.2. The first-order valence-electron chi connectivity index (χ1n) is 6.55. The molecule has 0 unspecified atom stereocenters. The quantitative estimate of drug-likeness (QED) is 0.827. The van der Waals surface area contributed by atoms with Crippen molar-refractivity contribution < 1.29 is 13.9 Å². The van der Waals surface area contributed by atoms with Crippen LogP contribution in [0.3, 0.4) is 0 Å². The summed E-state index contributed by atoms with van der Waals surface area (Å²) in [5.74, 6) is 0.116. The normalized spacial score (nSPS) is 9.95. The molecule has 0 aliphatic carbocycles. The number of benzene rings is 2. The van der Waals surface area contributed by atoms with Crippen LogP contribution in [0.5, 0.6) is 5.75 Å². The molecular formula is C17H16FNO2. The number of carbonyl (C=O) groups is 1. The van der Waals surface area contributed by atoms with Gasteiger partial charge in [-0.2, -0.15) is 0 Å². The second-order valence-electron chi connectivity index (χ2n) is 4.44. The van der Waals surface area contributed by atoms with Gasteiger partial charge < -0.3 is 10.1 Å². The molecule has 108 valence electrons. The maximum absolute atomic E-state index is 12.8. The van der Waals surface area contributed by atoms with E-state index in [2.05, 4.69) is 11.9 Å². The summed E-state index contributed by atoms with van der Waals surface area (Å²) < 4.78 is 18.2. The lowest BCUT2D eigenvalue weighted by molar-refractivity contribution is 0.0950. The van der Waals surface area contributed by atoms with Crippen molar-refractivity contribution in [1.29, 1.82) is 0 Å². The van der Waals surface area contributed by atoms with E-state index >= 15 is 0 Å². The number of nitrogens with one attached hydrogen (secondary N) is 1. The van der Waals surface area contributed by atoms with E-state index in [1.807, 2.05) is 0 Å². The summed E-state index contributed by atoms with van der Waals surface area (Å²) in [7, 11) is 0. The molecule has 0 heterocycles. The van der Waals surface area contributed by atoms with Gasteiger partial charge in [-0.25, -0.2) is 4.39 Å². The van der Waals surface area contributed by atoms with Crippen LogP contribution in [0.15, 0.2) is 61.2 Å². The Labute approximate surface area is 123 Å². The second kappa shape index (κ2) is 7.24. The van der Waals surface area contributed by atoms with Crippen molar-refractivity contribution in [3.8, 4) is 5.75 Å². The zero-order chi connectivity index (χ0) is 15.1. The Morgan fingerprint density at radius 3 is 2.71 bits per heavy atom. The van der Waals surface area contributed by atoms with E-state index in [0.717, 1.165) is 5.56 Å². The zero-order valence-electron chi connectivity index (χ0n) is 11.5. The molecule has 2 rings (SSSR count). The van der Waals surface area contributed by atoms with Crippen LogP contribution in [0, 0.1) is 5.82 Å². The largest absolute Gasteiger partial charge is 0.490 e. The summed E-state index contributed by atoms with van der Waals surface area (Å²) in [6, 6.07) is 12.9. The van der Waals surface area contributed by atoms with Crippen molar-refractivity contribution in [2.45, 2.75) is 6.54 Å². The number of amides is 1. The van der Waals surface area contributed by atoms with E-state index in [4.69, 9.17) is 4.74 Å². The standard InChI is InChI=1S/C17H16FNO2/c1-2-10-21-16-5-3-4-14(11-16)17(20)19-12-13-6-8-15(18)9-7-13/h2-9,11H,1,10,12H2,(H,19,20). The summed E-state index contributed by atoms with van der Waals surface area (Å²) >= 11 is 0. The molecule has 0 fully saturated rings. The van der Waals surface area contributed by atoms with Crippen molar-refractivity contribution >= 4 is 5.91 Å². The van der Waals surface area contributed by atoms with Crippen molar-refractivity contribution in [1.82, 2.24) is 5.32 Å². The molecule has 0 aromatic heterocycles. The Hall–Kier alpha value is -2.62. The first kappa shape index (κ1) is 14.8. The maximum atomic E-state index is 12.8. The summed E-state index contributed by atoms with van der Waals surface area (Å²) in [5, 5.41) is 2.78. The molecule has 0 aliphatic rings. The van der Waals surface area contributed by atoms with Gasteiger partial charge in [-0.15, -0.1) is 0 Å². The Morgan fingerprint density at radius 2 is 2.00 bits per heavy atom. The highest BCUT2D eigenvalue weighted by Gasteiger charge is 2.06. The average molecular weight is 285 g/mol. The number of ether oxygens (including phenoxy) is 1. The molecule has 3 nitrogen and oxygen atoms in total. The van der Waals surface area contributed by atoms with Gasteiger partial charge in [0.25, 0.3) is 5.91 Å². The smallest absolute Gasteiger partial charge is 0.251 e. The molecule has 2 aromatic carbocycles. The molecule has 21 heavy (non-hydrogen) atoms. The van der Waals surface area contributed by atoms with Gasteiger partial charge in [-0.1, -0.05) is 30.9 Å². The van der Waals surface area contributed by atoms with Gasteiger partial charge in [0.1, 0.15) is 18.2 Å².